The molecule has 2 rings (SSSR count). The number of thiol groups is 2. The standard InChI is InChI=1S/C24H30N4O6S2/c25-17(10-14-4-2-1-3-5-14)21(30)27-19(12-35)23(32)26-18(11-15-6-8-16(29)9-7-15)22(31)28-20(13-36)24(33)34/h1-9,17-20,29,35-36H,10-13,25H2,(H,26,32)(H,27,30)(H,28,31)(H,33,34). The van der Waals surface area contributed by atoms with Crippen LogP contribution in [0, 0.1) is 0 Å². The molecule has 2 aromatic carbocycles. The molecule has 12 heteroatoms. The molecule has 0 saturated carbocycles. The Hall–Kier alpha value is -3.22. The minimum Gasteiger partial charge on any atom is -0.508 e. The summed E-state index contributed by atoms with van der Waals surface area (Å²) in [5.74, 6) is -3.48. The molecular weight excluding hydrogens is 504 g/mol. The summed E-state index contributed by atoms with van der Waals surface area (Å²) in [5, 5.41) is 26.2. The van der Waals surface area contributed by atoms with E-state index in [0.717, 1.165) is 5.56 Å². The van der Waals surface area contributed by atoms with Gasteiger partial charge in [-0.1, -0.05) is 42.5 Å². The molecule has 0 aliphatic rings. The van der Waals surface area contributed by atoms with Crippen molar-refractivity contribution < 1.29 is 29.4 Å². The molecule has 0 aliphatic carbocycles. The van der Waals surface area contributed by atoms with E-state index in [1.807, 2.05) is 30.3 Å². The molecular formula is C24H30N4O6S2. The second-order valence-corrected chi connectivity index (χ2v) is 8.78. The van der Waals surface area contributed by atoms with Crippen molar-refractivity contribution in [1.29, 1.82) is 0 Å². The van der Waals surface area contributed by atoms with E-state index in [-0.39, 0.29) is 30.1 Å². The Kier molecular flexibility index (Phi) is 11.6. The molecule has 3 amide bonds. The molecule has 7 N–H and O–H groups in total. The quantitative estimate of drug-likeness (QED) is 0.166. The molecule has 0 aliphatic heterocycles. The van der Waals surface area contributed by atoms with Crippen LogP contribution in [0.2, 0.25) is 0 Å². The number of carboxylic acid groups (broad SMARTS) is 1. The molecule has 0 radical (unpaired) electrons. The number of aliphatic carboxylic acids is 1. The predicted octanol–water partition coefficient (Wildman–Crippen LogP) is -0.0967. The van der Waals surface area contributed by atoms with E-state index in [4.69, 9.17) is 5.73 Å². The Morgan fingerprint density at radius 3 is 1.78 bits per heavy atom. The monoisotopic (exact) mass is 534 g/mol. The highest BCUT2D eigenvalue weighted by molar-refractivity contribution is 7.80. The van der Waals surface area contributed by atoms with Crippen LogP contribution < -0.4 is 21.7 Å². The molecule has 4 atom stereocenters. The fourth-order valence-electron chi connectivity index (χ4n) is 3.24. The SMILES string of the molecule is NC(Cc1ccccc1)C(=O)NC(CS)C(=O)NC(Cc1ccc(O)cc1)C(=O)NC(CS)C(=O)O. The van der Waals surface area contributed by atoms with Gasteiger partial charge >= 0.3 is 5.97 Å². The summed E-state index contributed by atoms with van der Waals surface area (Å²) in [4.78, 5) is 49.8. The van der Waals surface area contributed by atoms with Crippen LogP contribution in [0.3, 0.4) is 0 Å². The summed E-state index contributed by atoms with van der Waals surface area (Å²) in [7, 11) is 0. The number of amides is 3. The number of phenolic OH excluding ortho intramolecular Hbond substituents is 1. The Morgan fingerprint density at radius 1 is 0.722 bits per heavy atom. The van der Waals surface area contributed by atoms with Crippen LogP contribution in [-0.4, -0.2) is 69.6 Å². The van der Waals surface area contributed by atoms with Crippen LogP contribution >= 0.6 is 25.3 Å². The summed E-state index contributed by atoms with van der Waals surface area (Å²) in [5.41, 5.74) is 7.45. The third kappa shape index (κ3) is 9.10. The van der Waals surface area contributed by atoms with Gasteiger partial charge in [0.15, 0.2) is 0 Å². The first-order valence-electron chi connectivity index (χ1n) is 11.1. The molecule has 0 heterocycles. The van der Waals surface area contributed by atoms with Gasteiger partial charge in [-0.2, -0.15) is 25.3 Å². The molecule has 36 heavy (non-hydrogen) atoms. The lowest BCUT2D eigenvalue weighted by atomic mass is 10.0. The number of carboxylic acids is 1. The number of hydrogen-bond acceptors (Lipinski definition) is 8. The number of benzene rings is 2. The Bertz CT molecular complexity index is 1040. The van der Waals surface area contributed by atoms with Crippen molar-refractivity contribution in [2.45, 2.75) is 37.0 Å². The number of carbonyl (C=O) groups is 4. The minimum absolute atomic E-state index is 0.00246. The van der Waals surface area contributed by atoms with Gasteiger partial charge in [0.25, 0.3) is 0 Å². The third-order valence-electron chi connectivity index (χ3n) is 5.26. The van der Waals surface area contributed by atoms with Crippen molar-refractivity contribution >= 4 is 48.9 Å². The maximum absolute atomic E-state index is 13.0. The van der Waals surface area contributed by atoms with Crippen LogP contribution in [0.4, 0.5) is 0 Å². The molecule has 10 nitrogen and oxygen atoms in total. The minimum atomic E-state index is -1.28. The Labute approximate surface area is 219 Å². The second-order valence-electron chi connectivity index (χ2n) is 8.05. The fraction of sp³-hybridized carbons (Fsp3) is 0.333. The Morgan fingerprint density at radius 2 is 1.22 bits per heavy atom. The number of carbonyl (C=O) groups excluding carboxylic acids is 3. The summed E-state index contributed by atoms with van der Waals surface area (Å²) >= 11 is 8.09. The van der Waals surface area contributed by atoms with E-state index >= 15 is 0 Å². The van der Waals surface area contributed by atoms with E-state index in [1.165, 1.54) is 12.1 Å². The first kappa shape index (κ1) is 29.0. The summed E-state index contributed by atoms with van der Waals surface area (Å²) in [6, 6.07) is 10.7. The highest BCUT2D eigenvalue weighted by Gasteiger charge is 2.29. The first-order valence-corrected chi connectivity index (χ1v) is 12.3. The van der Waals surface area contributed by atoms with E-state index in [2.05, 4.69) is 41.2 Å². The summed E-state index contributed by atoms with van der Waals surface area (Å²) in [6.45, 7) is 0. The van der Waals surface area contributed by atoms with Crippen molar-refractivity contribution in [1.82, 2.24) is 16.0 Å². The lowest BCUT2D eigenvalue weighted by Gasteiger charge is -2.24. The number of hydrogen-bond donors (Lipinski definition) is 8. The number of aromatic hydroxyl groups is 1. The maximum Gasteiger partial charge on any atom is 0.327 e. The molecule has 0 saturated heterocycles. The Balaban J connectivity index is 2.11. The highest BCUT2D eigenvalue weighted by atomic mass is 32.1. The zero-order chi connectivity index (χ0) is 26.7. The molecule has 2 aromatic rings. The van der Waals surface area contributed by atoms with Gasteiger partial charge in [0.05, 0.1) is 6.04 Å². The van der Waals surface area contributed by atoms with Crippen molar-refractivity contribution in [3.05, 3.63) is 65.7 Å². The summed E-state index contributed by atoms with van der Waals surface area (Å²) < 4.78 is 0. The van der Waals surface area contributed by atoms with Gasteiger partial charge in [0.1, 0.15) is 23.9 Å². The maximum atomic E-state index is 13.0. The van der Waals surface area contributed by atoms with Crippen LogP contribution in [0.15, 0.2) is 54.6 Å². The van der Waals surface area contributed by atoms with E-state index in [9.17, 15) is 29.4 Å². The summed E-state index contributed by atoms with van der Waals surface area (Å²) in [6.07, 6.45) is 0.261. The number of phenols is 1. The third-order valence-corrected chi connectivity index (χ3v) is 5.99. The van der Waals surface area contributed by atoms with E-state index in [1.54, 1.807) is 12.1 Å². The largest absolute Gasteiger partial charge is 0.508 e. The van der Waals surface area contributed by atoms with Crippen molar-refractivity contribution in [2.24, 2.45) is 5.73 Å². The zero-order valence-electron chi connectivity index (χ0n) is 19.3. The fourth-order valence-corrected chi connectivity index (χ4v) is 3.75. The normalized spacial score (nSPS) is 14.1. The zero-order valence-corrected chi connectivity index (χ0v) is 21.1. The average molecular weight is 535 g/mol. The van der Waals surface area contributed by atoms with Gasteiger partial charge in [-0.05, 0) is 29.7 Å². The van der Waals surface area contributed by atoms with Gasteiger partial charge in [-0.3, -0.25) is 14.4 Å². The van der Waals surface area contributed by atoms with Crippen molar-refractivity contribution in [2.75, 3.05) is 11.5 Å². The second kappa shape index (κ2) is 14.4. The molecule has 4 unspecified atom stereocenters. The van der Waals surface area contributed by atoms with Crippen molar-refractivity contribution in [3.8, 4) is 5.75 Å². The van der Waals surface area contributed by atoms with Crippen LogP contribution in [0.1, 0.15) is 11.1 Å². The van der Waals surface area contributed by atoms with Gasteiger partial charge in [0.2, 0.25) is 17.7 Å². The molecule has 194 valence electrons. The van der Waals surface area contributed by atoms with Crippen LogP contribution in [0.5, 0.6) is 5.75 Å². The highest BCUT2D eigenvalue weighted by Crippen LogP contribution is 2.12. The number of nitrogens with two attached hydrogens (primary N) is 1. The lowest BCUT2D eigenvalue weighted by Crippen LogP contribution is -2.58. The van der Waals surface area contributed by atoms with Crippen molar-refractivity contribution in [3.63, 3.8) is 0 Å². The smallest absolute Gasteiger partial charge is 0.327 e. The average Bonchev–Trinajstić information content (AvgIpc) is 2.86. The number of nitrogens with one attached hydrogen (secondary N) is 3. The van der Waals surface area contributed by atoms with Gasteiger partial charge in [-0.25, -0.2) is 4.79 Å². The number of rotatable bonds is 13. The van der Waals surface area contributed by atoms with Gasteiger partial charge < -0.3 is 31.9 Å². The van der Waals surface area contributed by atoms with Gasteiger partial charge in [-0.15, -0.1) is 0 Å². The van der Waals surface area contributed by atoms with E-state index in [0.29, 0.717) is 5.56 Å². The van der Waals surface area contributed by atoms with Gasteiger partial charge in [0, 0.05) is 17.9 Å². The molecule has 0 bridgehead atoms. The molecule has 0 aromatic heterocycles. The predicted molar refractivity (Wildman–Crippen MR) is 141 cm³/mol. The lowest BCUT2D eigenvalue weighted by molar-refractivity contribution is -0.141. The van der Waals surface area contributed by atoms with Crippen LogP contribution in [-0.2, 0) is 32.0 Å². The molecule has 0 fully saturated rings. The first-order chi connectivity index (χ1) is 17.1. The van der Waals surface area contributed by atoms with E-state index < -0.39 is 47.9 Å². The molecule has 0 spiro atoms. The topological polar surface area (TPSA) is 171 Å². The van der Waals surface area contributed by atoms with Crippen LogP contribution in [0.25, 0.3) is 0 Å².